The first kappa shape index (κ1) is 18.4. The number of aryl methyl sites for hydroxylation is 1. The molecule has 0 aliphatic rings. The molecule has 0 saturated carbocycles. The largest absolute Gasteiger partial charge is 0.322 e. The van der Waals surface area contributed by atoms with Gasteiger partial charge < -0.3 is 5.32 Å². The van der Waals surface area contributed by atoms with E-state index in [1.165, 1.54) is 24.3 Å². The monoisotopic (exact) mass is 358 g/mol. The van der Waals surface area contributed by atoms with Gasteiger partial charge in [-0.25, -0.2) is 13.1 Å². The standard InChI is InChI=1S/C18H18N2O4S/c1-12(2)17(21)19-15-8-10-16(11-9-15)25(23,24)20-18(22)14-6-4-13(3)5-7-14/h4-11H,1H2,2-3H3,(H,19,21)(H,20,22). The molecule has 25 heavy (non-hydrogen) atoms. The van der Waals surface area contributed by atoms with Gasteiger partial charge in [-0.05, 0) is 50.2 Å². The third-order valence-electron chi connectivity index (χ3n) is 3.35. The summed E-state index contributed by atoms with van der Waals surface area (Å²) in [5.41, 5.74) is 1.98. The summed E-state index contributed by atoms with van der Waals surface area (Å²) in [7, 11) is -4.01. The molecule has 0 saturated heterocycles. The molecule has 0 aromatic heterocycles. The lowest BCUT2D eigenvalue weighted by Crippen LogP contribution is -2.30. The van der Waals surface area contributed by atoms with Crippen LogP contribution in [-0.4, -0.2) is 20.2 Å². The van der Waals surface area contributed by atoms with E-state index in [-0.39, 0.29) is 16.4 Å². The van der Waals surface area contributed by atoms with E-state index in [4.69, 9.17) is 0 Å². The first-order valence-corrected chi connectivity index (χ1v) is 8.88. The van der Waals surface area contributed by atoms with Crippen LogP contribution in [0.3, 0.4) is 0 Å². The molecule has 2 N–H and O–H groups in total. The molecular formula is C18H18N2O4S. The summed E-state index contributed by atoms with van der Waals surface area (Å²) in [5, 5.41) is 2.57. The lowest BCUT2D eigenvalue weighted by Gasteiger charge is -2.09. The van der Waals surface area contributed by atoms with Gasteiger partial charge in [-0.3, -0.25) is 9.59 Å². The van der Waals surface area contributed by atoms with Crippen molar-refractivity contribution in [3.8, 4) is 0 Å². The Balaban J connectivity index is 2.13. The predicted octanol–water partition coefficient (Wildman–Crippen LogP) is 2.63. The third kappa shape index (κ3) is 4.77. The average Bonchev–Trinajstić information content (AvgIpc) is 2.55. The molecule has 7 heteroatoms. The summed E-state index contributed by atoms with van der Waals surface area (Å²) in [6.07, 6.45) is 0. The van der Waals surface area contributed by atoms with E-state index in [0.717, 1.165) is 5.56 Å². The van der Waals surface area contributed by atoms with Crippen molar-refractivity contribution < 1.29 is 18.0 Å². The van der Waals surface area contributed by atoms with Gasteiger partial charge in [-0.15, -0.1) is 0 Å². The zero-order valence-corrected chi connectivity index (χ0v) is 14.7. The Kier molecular flexibility index (Phi) is 5.38. The Morgan fingerprint density at radius 3 is 2.04 bits per heavy atom. The maximum absolute atomic E-state index is 12.3. The molecule has 2 aromatic carbocycles. The number of hydrogen-bond donors (Lipinski definition) is 2. The molecule has 130 valence electrons. The number of sulfonamides is 1. The number of rotatable bonds is 5. The Morgan fingerprint density at radius 1 is 0.960 bits per heavy atom. The average molecular weight is 358 g/mol. The maximum atomic E-state index is 12.3. The van der Waals surface area contributed by atoms with Crippen molar-refractivity contribution in [2.75, 3.05) is 5.32 Å². The molecule has 0 fully saturated rings. The van der Waals surface area contributed by atoms with Crippen molar-refractivity contribution in [2.45, 2.75) is 18.7 Å². The van der Waals surface area contributed by atoms with Crippen LogP contribution in [0.1, 0.15) is 22.8 Å². The number of hydrogen-bond acceptors (Lipinski definition) is 4. The van der Waals surface area contributed by atoms with Crippen LogP contribution in [0, 0.1) is 6.92 Å². The molecule has 0 bridgehead atoms. The van der Waals surface area contributed by atoms with Gasteiger partial charge in [0.1, 0.15) is 0 Å². The zero-order valence-electron chi connectivity index (χ0n) is 13.9. The molecule has 0 atom stereocenters. The van der Waals surface area contributed by atoms with Crippen molar-refractivity contribution in [1.82, 2.24) is 4.72 Å². The zero-order chi connectivity index (χ0) is 18.6. The van der Waals surface area contributed by atoms with Crippen LogP contribution >= 0.6 is 0 Å². The van der Waals surface area contributed by atoms with Crippen molar-refractivity contribution in [2.24, 2.45) is 0 Å². The van der Waals surface area contributed by atoms with Gasteiger partial charge in [0.15, 0.2) is 0 Å². The number of carbonyl (C=O) groups is 2. The first-order chi connectivity index (χ1) is 11.7. The van der Waals surface area contributed by atoms with E-state index in [2.05, 4.69) is 11.9 Å². The van der Waals surface area contributed by atoms with E-state index < -0.39 is 15.9 Å². The second-order valence-electron chi connectivity index (χ2n) is 5.56. The van der Waals surface area contributed by atoms with Crippen LogP contribution in [0.25, 0.3) is 0 Å². The molecule has 0 aliphatic heterocycles. The van der Waals surface area contributed by atoms with Crippen molar-refractivity contribution in [3.05, 3.63) is 71.8 Å². The Labute approximate surface area is 146 Å². The highest BCUT2D eigenvalue weighted by Crippen LogP contribution is 2.15. The fourth-order valence-corrected chi connectivity index (χ4v) is 2.87. The molecule has 0 spiro atoms. The number of anilines is 1. The number of benzene rings is 2. The van der Waals surface area contributed by atoms with Gasteiger partial charge in [-0.1, -0.05) is 24.3 Å². The Hall–Kier alpha value is -2.93. The van der Waals surface area contributed by atoms with Gasteiger partial charge >= 0.3 is 0 Å². The van der Waals surface area contributed by atoms with Crippen LogP contribution in [0.2, 0.25) is 0 Å². The van der Waals surface area contributed by atoms with E-state index in [0.29, 0.717) is 11.3 Å². The lowest BCUT2D eigenvalue weighted by molar-refractivity contribution is -0.112. The first-order valence-electron chi connectivity index (χ1n) is 7.40. The van der Waals surface area contributed by atoms with Gasteiger partial charge in [0, 0.05) is 16.8 Å². The van der Waals surface area contributed by atoms with Crippen LogP contribution in [0.4, 0.5) is 5.69 Å². The molecule has 0 unspecified atom stereocenters. The minimum Gasteiger partial charge on any atom is -0.322 e. The summed E-state index contributed by atoms with van der Waals surface area (Å²) in [6.45, 7) is 6.95. The molecule has 0 aliphatic carbocycles. The minimum atomic E-state index is -4.01. The molecule has 0 heterocycles. The maximum Gasteiger partial charge on any atom is 0.264 e. The molecule has 2 amide bonds. The van der Waals surface area contributed by atoms with Crippen LogP contribution in [-0.2, 0) is 14.8 Å². The smallest absolute Gasteiger partial charge is 0.264 e. The van der Waals surface area contributed by atoms with E-state index >= 15 is 0 Å². The Bertz CT molecular complexity index is 915. The van der Waals surface area contributed by atoms with E-state index in [9.17, 15) is 18.0 Å². The molecule has 6 nitrogen and oxygen atoms in total. The van der Waals surface area contributed by atoms with Crippen LogP contribution < -0.4 is 10.0 Å². The van der Waals surface area contributed by atoms with Gasteiger partial charge in [-0.2, -0.15) is 0 Å². The van der Waals surface area contributed by atoms with E-state index in [1.807, 2.05) is 11.6 Å². The molecule has 0 radical (unpaired) electrons. The van der Waals surface area contributed by atoms with Gasteiger partial charge in [0.25, 0.3) is 21.8 Å². The summed E-state index contributed by atoms with van der Waals surface area (Å²) in [6, 6.07) is 12.0. The minimum absolute atomic E-state index is 0.0821. The second kappa shape index (κ2) is 7.31. The summed E-state index contributed by atoms with van der Waals surface area (Å²) in [5.74, 6) is -1.07. The molecule has 2 rings (SSSR count). The lowest BCUT2D eigenvalue weighted by atomic mass is 10.1. The van der Waals surface area contributed by atoms with Gasteiger partial charge in [0.05, 0.1) is 4.90 Å². The quantitative estimate of drug-likeness (QED) is 0.804. The topological polar surface area (TPSA) is 92.3 Å². The Morgan fingerprint density at radius 2 is 1.52 bits per heavy atom. The number of amides is 2. The van der Waals surface area contributed by atoms with Crippen LogP contribution in [0.15, 0.2) is 65.6 Å². The summed E-state index contributed by atoms with van der Waals surface area (Å²) >= 11 is 0. The highest BCUT2D eigenvalue weighted by Gasteiger charge is 2.18. The molecular weight excluding hydrogens is 340 g/mol. The van der Waals surface area contributed by atoms with Crippen LogP contribution in [0.5, 0.6) is 0 Å². The number of nitrogens with one attached hydrogen (secondary N) is 2. The number of carbonyl (C=O) groups excluding carboxylic acids is 2. The fraction of sp³-hybridized carbons (Fsp3) is 0.111. The third-order valence-corrected chi connectivity index (χ3v) is 4.70. The summed E-state index contributed by atoms with van der Waals surface area (Å²) < 4.78 is 26.6. The molecule has 2 aromatic rings. The van der Waals surface area contributed by atoms with Gasteiger partial charge in [0.2, 0.25) is 0 Å². The SMILES string of the molecule is C=C(C)C(=O)Nc1ccc(S(=O)(=O)NC(=O)c2ccc(C)cc2)cc1. The fourth-order valence-electron chi connectivity index (χ4n) is 1.90. The highest BCUT2D eigenvalue weighted by atomic mass is 32.2. The van der Waals surface area contributed by atoms with Crippen molar-refractivity contribution in [1.29, 1.82) is 0 Å². The predicted molar refractivity (Wildman–Crippen MR) is 95.7 cm³/mol. The second-order valence-corrected chi connectivity index (χ2v) is 7.24. The van der Waals surface area contributed by atoms with E-state index in [1.54, 1.807) is 31.2 Å². The summed E-state index contributed by atoms with van der Waals surface area (Å²) in [4.78, 5) is 23.5. The normalized spacial score (nSPS) is 10.8. The van der Waals surface area contributed by atoms with Crippen molar-refractivity contribution in [3.63, 3.8) is 0 Å². The highest BCUT2D eigenvalue weighted by molar-refractivity contribution is 7.90. The van der Waals surface area contributed by atoms with Crippen molar-refractivity contribution >= 4 is 27.5 Å².